The van der Waals surface area contributed by atoms with Gasteiger partial charge in [0.2, 0.25) is 17.7 Å². The monoisotopic (exact) mass is 643 g/mol. The molecule has 0 radical (unpaired) electrons. The number of nitrogens with zero attached hydrogens (tertiary/aromatic N) is 7. The van der Waals surface area contributed by atoms with Crippen molar-refractivity contribution in [3.63, 3.8) is 0 Å². The number of ether oxygens (including phenoxy) is 2. The summed E-state index contributed by atoms with van der Waals surface area (Å²) in [5.74, 6) is 0.513. The SMILES string of the molecule is C=CC(=O)Nc1cc(Nc2ncc(C(=O)OC(C)C)c(N3CC(C)(C)c4nc(C)ccc43)n2)c(OC)nc1N(C)C[C@@H]1CCCN1C. The van der Waals surface area contributed by atoms with Gasteiger partial charge in [-0.15, -0.1) is 0 Å². The number of rotatable bonds is 11. The van der Waals surface area contributed by atoms with Crippen LogP contribution < -0.4 is 25.2 Å². The van der Waals surface area contributed by atoms with Crippen LogP contribution in [0.4, 0.5) is 34.6 Å². The molecular formula is C34H45N9O4. The number of likely N-dealkylation sites (N-methyl/N-ethyl adjacent to an activating group) is 2. The van der Waals surface area contributed by atoms with E-state index in [0.29, 0.717) is 35.6 Å². The van der Waals surface area contributed by atoms with Gasteiger partial charge >= 0.3 is 5.97 Å². The lowest BCUT2D eigenvalue weighted by Crippen LogP contribution is -2.37. The van der Waals surface area contributed by atoms with Crippen molar-refractivity contribution < 1.29 is 19.1 Å². The minimum Gasteiger partial charge on any atom is -0.479 e. The largest absolute Gasteiger partial charge is 0.479 e. The Labute approximate surface area is 276 Å². The average molecular weight is 644 g/mol. The number of methoxy groups -OCH3 is 1. The van der Waals surface area contributed by atoms with Gasteiger partial charge in [-0.25, -0.2) is 9.78 Å². The van der Waals surface area contributed by atoms with Crippen molar-refractivity contribution in [3.8, 4) is 5.88 Å². The van der Waals surface area contributed by atoms with E-state index in [0.717, 1.165) is 43.0 Å². The number of carbonyl (C=O) groups is 2. The average Bonchev–Trinajstić information content (AvgIpc) is 3.54. The van der Waals surface area contributed by atoms with Crippen molar-refractivity contribution in [2.45, 2.75) is 65.0 Å². The van der Waals surface area contributed by atoms with Gasteiger partial charge in [-0.05, 0) is 71.5 Å². The second-order valence-electron chi connectivity index (χ2n) is 13.1. The number of anilines is 6. The highest BCUT2D eigenvalue weighted by atomic mass is 16.5. The van der Waals surface area contributed by atoms with Crippen LogP contribution >= 0.6 is 0 Å². The second kappa shape index (κ2) is 13.5. The summed E-state index contributed by atoms with van der Waals surface area (Å²) in [6.45, 7) is 15.7. The number of aromatic nitrogens is 4. The van der Waals surface area contributed by atoms with Crippen LogP contribution in [0.3, 0.4) is 0 Å². The third-order valence-corrected chi connectivity index (χ3v) is 8.45. The van der Waals surface area contributed by atoms with Gasteiger partial charge < -0.3 is 34.8 Å². The summed E-state index contributed by atoms with van der Waals surface area (Å²) in [4.78, 5) is 51.1. The second-order valence-corrected chi connectivity index (χ2v) is 13.1. The lowest BCUT2D eigenvalue weighted by molar-refractivity contribution is -0.111. The van der Waals surface area contributed by atoms with Gasteiger partial charge in [0.1, 0.15) is 11.3 Å². The predicted molar refractivity (Wildman–Crippen MR) is 183 cm³/mol. The van der Waals surface area contributed by atoms with Crippen LogP contribution in [-0.2, 0) is 14.9 Å². The first-order valence-corrected chi connectivity index (χ1v) is 15.9. The molecule has 250 valence electrons. The highest BCUT2D eigenvalue weighted by Gasteiger charge is 2.40. The Hall–Kier alpha value is -4.78. The number of hydrogen-bond acceptors (Lipinski definition) is 12. The zero-order valence-corrected chi connectivity index (χ0v) is 28.5. The molecule has 0 aliphatic carbocycles. The number of carbonyl (C=O) groups excluding carboxylic acids is 2. The first-order valence-electron chi connectivity index (χ1n) is 15.9. The first-order chi connectivity index (χ1) is 22.3. The maximum Gasteiger partial charge on any atom is 0.343 e. The van der Waals surface area contributed by atoms with Crippen molar-refractivity contribution in [2.24, 2.45) is 0 Å². The molecule has 13 nitrogen and oxygen atoms in total. The van der Waals surface area contributed by atoms with E-state index in [1.54, 1.807) is 19.9 Å². The Morgan fingerprint density at radius 3 is 2.64 bits per heavy atom. The number of amides is 1. The van der Waals surface area contributed by atoms with E-state index in [2.05, 4.69) is 48.0 Å². The number of hydrogen-bond donors (Lipinski definition) is 2. The molecule has 1 saturated heterocycles. The molecule has 2 N–H and O–H groups in total. The molecule has 1 amide bonds. The third kappa shape index (κ3) is 7.14. The Kier molecular flexibility index (Phi) is 9.66. The van der Waals surface area contributed by atoms with E-state index in [1.165, 1.54) is 19.4 Å². The fourth-order valence-corrected chi connectivity index (χ4v) is 6.10. The number of fused-ring (bicyclic) bond motifs is 1. The standard InChI is InChI=1S/C34H45N9O4/c1-10-27(44)37-24-16-25(31(46-9)39-30(24)42(8)18-22-12-11-15-41(22)7)38-33-35-17-23(32(45)47-20(2)3)29(40-33)43-19-34(5,6)28-26(43)14-13-21(4)36-28/h10,13-14,16-17,20,22H,1,11-12,15,18-19H2,2-9H3,(H,37,44)(H,35,38,40)/t22-/m0/s1. The zero-order valence-electron chi connectivity index (χ0n) is 28.5. The van der Waals surface area contributed by atoms with Gasteiger partial charge in [0.25, 0.3) is 0 Å². The Balaban J connectivity index is 1.56. The molecule has 3 aromatic heterocycles. The molecule has 13 heteroatoms. The minimum atomic E-state index is -0.526. The molecule has 0 aromatic carbocycles. The summed E-state index contributed by atoms with van der Waals surface area (Å²) in [6, 6.07) is 6.04. The van der Waals surface area contributed by atoms with E-state index in [4.69, 9.17) is 24.4 Å². The van der Waals surface area contributed by atoms with E-state index in [9.17, 15) is 9.59 Å². The lowest BCUT2D eigenvalue weighted by Gasteiger charge is -2.28. The van der Waals surface area contributed by atoms with Crippen LogP contribution in [0.25, 0.3) is 0 Å². The smallest absolute Gasteiger partial charge is 0.343 e. The Morgan fingerprint density at radius 1 is 1.21 bits per heavy atom. The van der Waals surface area contributed by atoms with E-state index < -0.39 is 5.97 Å². The molecule has 0 unspecified atom stereocenters. The first kappa shape index (κ1) is 33.6. The zero-order chi connectivity index (χ0) is 34.0. The number of esters is 1. The van der Waals surface area contributed by atoms with Crippen molar-refractivity contribution in [1.29, 1.82) is 0 Å². The summed E-state index contributed by atoms with van der Waals surface area (Å²) in [5.41, 5.74) is 3.50. The van der Waals surface area contributed by atoms with Crippen molar-refractivity contribution in [3.05, 3.63) is 54.0 Å². The molecule has 5 heterocycles. The fourth-order valence-electron chi connectivity index (χ4n) is 6.10. The lowest BCUT2D eigenvalue weighted by atomic mass is 9.91. The highest BCUT2D eigenvalue weighted by molar-refractivity contribution is 6.01. The van der Waals surface area contributed by atoms with Gasteiger partial charge in [0, 0.05) is 43.5 Å². The summed E-state index contributed by atoms with van der Waals surface area (Å²) in [6.07, 6.45) is 4.57. The summed E-state index contributed by atoms with van der Waals surface area (Å²) < 4.78 is 11.3. The molecule has 47 heavy (non-hydrogen) atoms. The molecule has 0 saturated carbocycles. The molecule has 1 fully saturated rings. The topological polar surface area (TPSA) is 138 Å². The van der Waals surface area contributed by atoms with E-state index >= 15 is 0 Å². The van der Waals surface area contributed by atoms with Gasteiger partial charge in [-0.2, -0.15) is 9.97 Å². The number of pyridine rings is 2. The quantitative estimate of drug-likeness (QED) is 0.215. The van der Waals surface area contributed by atoms with Crippen molar-refractivity contribution >= 4 is 46.5 Å². The molecule has 5 rings (SSSR count). The maximum absolute atomic E-state index is 13.3. The minimum absolute atomic E-state index is 0.196. The molecule has 1 atom stereocenters. The molecule has 0 spiro atoms. The number of aryl methyl sites for hydroxylation is 1. The van der Waals surface area contributed by atoms with Gasteiger partial charge in [0.05, 0.1) is 30.3 Å². The third-order valence-electron chi connectivity index (χ3n) is 8.45. The van der Waals surface area contributed by atoms with Crippen LogP contribution in [0.5, 0.6) is 5.88 Å². The normalized spacial score (nSPS) is 17.0. The maximum atomic E-state index is 13.3. The molecule has 0 bridgehead atoms. The van der Waals surface area contributed by atoms with Gasteiger partial charge in [0.15, 0.2) is 11.6 Å². The van der Waals surface area contributed by atoms with Crippen LogP contribution in [0, 0.1) is 6.92 Å². The number of likely N-dealkylation sites (tertiary alicyclic amines) is 1. The van der Waals surface area contributed by atoms with Crippen LogP contribution in [0.2, 0.25) is 0 Å². The van der Waals surface area contributed by atoms with Crippen molar-refractivity contribution in [1.82, 2.24) is 24.8 Å². The van der Waals surface area contributed by atoms with Crippen molar-refractivity contribution in [2.75, 3.05) is 61.3 Å². The highest BCUT2D eigenvalue weighted by Crippen LogP contribution is 2.44. The molecule has 2 aliphatic rings. The molecular weight excluding hydrogens is 598 g/mol. The van der Waals surface area contributed by atoms with Crippen LogP contribution in [0.15, 0.2) is 37.1 Å². The Morgan fingerprint density at radius 2 is 1.98 bits per heavy atom. The molecule has 2 aliphatic heterocycles. The summed E-state index contributed by atoms with van der Waals surface area (Å²) >= 11 is 0. The van der Waals surface area contributed by atoms with Gasteiger partial charge in [-0.3, -0.25) is 9.78 Å². The Bertz CT molecular complexity index is 1680. The molecule has 3 aromatic rings. The van der Waals surface area contributed by atoms with Gasteiger partial charge in [-0.1, -0.05) is 20.4 Å². The summed E-state index contributed by atoms with van der Waals surface area (Å²) in [5, 5.41) is 6.11. The predicted octanol–water partition coefficient (Wildman–Crippen LogP) is 4.98. The van der Waals surface area contributed by atoms with Crippen LogP contribution in [0.1, 0.15) is 62.3 Å². The fraction of sp³-hybridized carbons (Fsp3) is 0.471. The van der Waals surface area contributed by atoms with E-state index in [1.807, 2.05) is 35.9 Å². The summed E-state index contributed by atoms with van der Waals surface area (Å²) in [7, 11) is 5.59. The number of nitrogens with one attached hydrogen (secondary N) is 2. The van der Waals surface area contributed by atoms with Crippen LogP contribution in [-0.4, -0.2) is 89.7 Å². The van der Waals surface area contributed by atoms with E-state index in [-0.39, 0.29) is 34.8 Å².